The maximum absolute atomic E-state index is 5.68. The molecular weight excluding hydrogens is 386 g/mol. The molecule has 7 heteroatoms. The highest BCUT2D eigenvalue weighted by Gasteiger charge is 2.18. The Balaban J connectivity index is 0.000000361. The van der Waals surface area contributed by atoms with E-state index in [1.165, 1.54) is 32.1 Å². The molecule has 1 saturated heterocycles. The van der Waals surface area contributed by atoms with Crippen molar-refractivity contribution < 1.29 is 0 Å². The predicted octanol–water partition coefficient (Wildman–Crippen LogP) is 4.50. The van der Waals surface area contributed by atoms with Crippen molar-refractivity contribution in [3.8, 4) is 11.1 Å². The highest BCUT2D eigenvalue weighted by Crippen LogP contribution is 2.28. The number of nitrogens with two attached hydrogens (primary N) is 1. The molecule has 1 aliphatic heterocycles. The molecule has 0 unspecified atom stereocenters. The summed E-state index contributed by atoms with van der Waals surface area (Å²) in [5, 5.41) is 4.22. The third-order valence-electron chi connectivity index (χ3n) is 6.43. The summed E-state index contributed by atoms with van der Waals surface area (Å²) in [5.41, 5.74) is 11.7. The van der Waals surface area contributed by atoms with Gasteiger partial charge in [0.05, 0.1) is 29.3 Å². The maximum Gasteiger partial charge on any atom is 0.238 e. The van der Waals surface area contributed by atoms with Gasteiger partial charge in [-0.05, 0) is 37.0 Å². The number of nitrogens with zero attached hydrogens (tertiary/aromatic N) is 6. The standard InChI is InChI=1S/C19H19N7.C5H10/c1-13(24-7-2-3-8-24)16-10-21-18-5-4-14(12-25(16)18)15-6-9-26-17(15)11-22-19(20)23-26;1-5-3-2-4-5/h4-6,9-12H,1-3,7-8H2,(H2,20,23);5H,2-4H2,1H3. The molecule has 0 aromatic carbocycles. The van der Waals surface area contributed by atoms with Crippen LogP contribution in [0.25, 0.3) is 28.0 Å². The molecule has 7 nitrogen and oxygen atoms in total. The first-order valence-electron chi connectivity index (χ1n) is 11.1. The number of hydrogen-bond donors (Lipinski definition) is 1. The molecule has 2 aliphatic rings. The Morgan fingerprint density at radius 3 is 2.55 bits per heavy atom. The van der Waals surface area contributed by atoms with Crippen molar-refractivity contribution in [2.45, 2.75) is 39.0 Å². The van der Waals surface area contributed by atoms with E-state index < -0.39 is 0 Å². The van der Waals surface area contributed by atoms with Gasteiger partial charge in [0.15, 0.2) is 0 Å². The summed E-state index contributed by atoms with van der Waals surface area (Å²) in [7, 11) is 0. The Morgan fingerprint density at radius 1 is 1.06 bits per heavy atom. The van der Waals surface area contributed by atoms with E-state index in [0.717, 1.165) is 52.7 Å². The summed E-state index contributed by atoms with van der Waals surface area (Å²) in [4.78, 5) is 11.0. The zero-order valence-corrected chi connectivity index (χ0v) is 18.0. The summed E-state index contributed by atoms with van der Waals surface area (Å²) in [6.45, 7) is 8.75. The van der Waals surface area contributed by atoms with Crippen LogP contribution in [0.15, 0.2) is 49.6 Å². The molecule has 0 spiro atoms. The second-order valence-corrected chi connectivity index (χ2v) is 8.64. The Bertz CT molecular complexity index is 1230. The Labute approximate surface area is 182 Å². The lowest BCUT2D eigenvalue weighted by Gasteiger charge is -2.20. The lowest BCUT2D eigenvalue weighted by atomic mass is 9.88. The molecule has 4 aromatic rings. The molecule has 1 saturated carbocycles. The molecule has 1 aliphatic carbocycles. The Kier molecular flexibility index (Phi) is 5.10. The molecule has 0 atom stereocenters. The smallest absolute Gasteiger partial charge is 0.238 e. The summed E-state index contributed by atoms with van der Waals surface area (Å²) >= 11 is 0. The van der Waals surface area contributed by atoms with Crippen LogP contribution in [-0.4, -0.2) is 42.0 Å². The van der Waals surface area contributed by atoms with E-state index >= 15 is 0 Å². The second-order valence-electron chi connectivity index (χ2n) is 8.64. The van der Waals surface area contributed by atoms with E-state index in [1.54, 1.807) is 10.7 Å². The largest absolute Gasteiger partial charge is 0.370 e. The van der Waals surface area contributed by atoms with E-state index in [1.807, 2.05) is 24.5 Å². The van der Waals surface area contributed by atoms with Crippen molar-refractivity contribution in [3.05, 3.63) is 55.3 Å². The van der Waals surface area contributed by atoms with Crippen LogP contribution in [-0.2, 0) is 0 Å². The van der Waals surface area contributed by atoms with E-state index in [0.29, 0.717) is 0 Å². The third-order valence-corrected chi connectivity index (χ3v) is 6.43. The molecule has 0 amide bonds. The van der Waals surface area contributed by atoms with Gasteiger partial charge in [0.2, 0.25) is 5.95 Å². The van der Waals surface area contributed by atoms with Gasteiger partial charge in [-0.3, -0.25) is 4.40 Å². The fraction of sp³-hybridized carbons (Fsp3) is 0.375. The van der Waals surface area contributed by atoms with Crippen molar-refractivity contribution in [1.82, 2.24) is 28.9 Å². The average molecular weight is 416 g/mol. The Hall–Kier alpha value is -3.35. The zero-order chi connectivity index (χ0) is 21.4. The van der Waals surface area contributed by atoms with Gasteiger partial charge in [0.25, 0.3) is 0 Å². The topological polar surface area (TPSA) is 76.7 Å². The number of aromatic nitrogens is 5. The molecule has 4 aromatic heterocycles. The van der Waals surface area contributed by atoms with Gasteiger partial charge in [0.1, 0.15) is 5.65 Å². The third kappa shape index (κ3) is 3.76. The number of likely N-dealkylation sites (tertiary alicyclic amines) is 1. The molecule has 5 heterocycles. The minimum absolute atomic E-state index is 0.258. The highest BCUT2D eigenvalue weighted by atomic mass is 15.3. The van der Waals surface area contributed by atoms with E-state index in [-0.39, 0.29) is 5.95 Å². The van der Waals surface area contributed by atoms with E-state index in [2.05, 4.69) is 50.1 Å². The van der Waals surface area contributed by atoms with Gasteiger partial charge in [-0.2, -0.15) is 0 Å². The van der Waals surface area contributed by atoms with Crippen molar-refractivity contribution in [1.29, 1.82) is 0 Å². The van der Waals surface area contributed by atoms with Crippen LogP contribution in [0.1, 0.15) is 44.7 Å². The van der Waals surface area contributed by atoms with Crippen LogP contribution in [0.3, 0.4) is 0 Å². The maximum atomic E-state index is 5.68. The number of anilines is 1. The molecule has 0 bridgehead atoms. The first kappa shape index (κ1) is 19.6. The highest BCUT2D eigenvalue weighted by molar-refractivity contribution is 5.81. The number of hydrogen-bond acceptors (Lipinski definition) is 5. The molecule has 31 heavy (non-hydrogen) atoms. The van der Waals surface area contributed by atoms with Gasteiger partial charge >= 0.3 is 0 Å². The van der Waals surface area contributed by atoms with Gasteiger partial charge in [0, 0.05) is 36.6 Å². The Morgan fingerprint density at radius 2 is 1.84 bits per heavy atom. The summed E-state index contributed by atoms with van der Waals surface area (Å²) in [6, 6.07) is 6.12. The first-order chi connectivity index (χ1) is 15.1. The average Bonchev–Trinajstić information content (AvgIpc) is 3.50. The monoisotopic (exact) mass is 415 g/mol. The quantitative estimate of drug-likeness (QED) is 0.533. The lowest BCUT2D eigenvalue weighted by molar-refractivity contribution is 0.346. The van der Waals surface area contributed by atoms with Gasteiger partial charge in [-0.1, -0.05) is 32.8 Å². The van der Waals surface area contributed by atoms with Crippen LogP contribution in [0, 0.1) is 5.92 Å². The summed E-state index contributed by atoms with van der Waals surface area (Å²) in [6.07, 6.45) is 14.6. The molecular formula is C24H29N7. The molecule has 6 rings (SSSR count). The molecule has 2 fully saturated rings. The fourth-order valence-corrected chi connectivity index (χ4v) is 4.27. The summed E-state index contributed by atoms with van der Waals surface area (Å²) in [5.74, 6) is 1.32. The molecule has 0 radical (unpaired) electrons. The number of nitrogen functional groups attached to an aromatic ring is 1. The van der Waals surface area contributed by atoms with Crippen LogP contribution in [0.5, 0.6) is 0 Å². The van der Waals surface area contributed by atoms with Crippen LogP contribution < -0.4 is 5.73 Å². The minimum atomic E-state index is 0.258. The number of imidazole rings is 1. The second kappa shape index (κ2) is 8.06. The minimum Gasteiger partial charge on any atom is -0.370 e. The van der Waals surface area contributed by atoms with Crippen molar-refractivity contribution >= 4 is 22.8 Å². The van der Waals surface area contributed by atoms with Gasteiger partial charge in [-0.25, -0.2) is 14.5 Å². The molecule has 2 N–H and O–H groups in total. The first-order valence-corrected chi connectivity index (χ1v) is 11.1. The van der Waals surface area contributed by atoms with E-state index in [4.69, 9.17) is 5.73 Å². The normalized spacial score (nSPS) is 16.4. The van der Waals surface area contributed by atoms with E-state index in [9.17, 15) is 0 Å². The zero-order valence-electron chi connectivity index (χ0n) is 18.0. The predicted molar refractivity (Wildman–Crippen MR) is 124 cm³/mol. The summed E-state index contributed by atoms with van der Waals surface area (Å²) < 4.78 is 3.86. The van der Waals surface area contributed by atoms with Gasteiger partial charge < -0.3 is 10.6 Å². The fourth-order valence-electron chi connectivity index (χ4n) is 4.27. The van der Waals surface area contributed by atoms with Crippen molar-refractivity contribution in [3.63, 3.8) is 0 Å². The van der Waals surface area contributed by atoms with Gasteiger partial charge in [-0.15, -0.1) is 5.10 Å². The van der Waals surface area contributed by atoms with Crippen LogP contribution in [0.4, 0.5) is 5.95 Å². The van der Waals surface area contributed by atoms with Crippen LogP contribution in [0.2, 0.25) is 0 Å². The number of pyridine rings is 1. The molecule has 160 valence electrons. The number of fused-ring (bicyclic) bond motifs is 2. The van der Waals surface area contributed by atoms with Crippen LogP contribution >= 0.6 is 0 Å². The van der Waals surface area contributed by atoms with Crippen molar-refractivity contribution in [2.75, 3.05) is 18.8 Å². The number of rotatable bonds is 3. The van der Waals surface area contributed by atoms with Crippen molar-refractivity contribution in [2.24, 2.45) is 5.92 Å². The SMILES string of the molecule is C=C(c1cnc2ccc(-c3ccn4nc(N)ncc34)cn12)N1CCCC1.CC1CCC1. The lowest BCUT2D eigenvalue weighted by Crippen LogP contribution is -2.17.